The molecular formula is C54H70BClN10O9. The lowest BCUT2D eigenvalue weighted by Gasteiger charge is -2.64. The van der Waals surface area contributed by atoms with E-state index in [0.29, 0.717) is 69.6 Å². The van der Waals surface area contributed by atoms with Crippen LogP contribution in [-0.2, 0) is 34.9 Å². The van der Waals surface area contributed by atoms with Crippen LogP contribution in [0.2, 0.25) is 5.02 Å². The van der Waals surface area contributed by atoms with Gasteiger partial charge in [0.1, 0.15) is 48.9 Å². The summed E-state index contributed by atoms with van der Waals surface area (Å²) >= 11 is 6.10. The largest absolute Gasteiger partial charge is 0.497 e. The second-order valence-corrected chi connectivity index (χ2v) is 21.2. The Morgan fingerprint density at radius 3 is 2.11 bits per heavy atom. The summed E-state index contributed by atoms with van der Waals surface area (Å²) in [5.74, 6) is -2.05. The molecule has 0 unspecified atom stereocenters. The highest BCUT2D eigenvalue weighted by Gasteiger charge is 2.68. The van der Waals surface area contributed by atoms with E-state index in [9.17, 15) is 24.0 Å². The standard InChI is InChI=1S/C54H70BClN10O9/c1-53(2)35-28-43(53)54(3)44(29-35)74-55(75-54)52(61)65-48(68)40-26-30-8-18-41(72-23-21-58)37(25-30)38-27-34(15-19-42(38)73-24-22-59)45(49(69)64-46(60)50(70)63-40)66(4)51(71)39(7-5-6-20-57)62-47(67)33-11-9-31(10-12-33)32-13-16-36(56)17-14-32/h8-19,25,27,35,39-40,43-46,52H,5-7,20-24,26,28-29,57-61H2,1-4H3,(H,62,67)(H,63,70)(H,64,69)(H,65,68)/t35-,39-,40-,43-,44+,45-,46+,52+,54-/m0/s1. The predicted octanol–water partition coefficient (Wildman–Crippen LogP) is 2.89. The molecule has 0 spiro atoms. The summed E-state index contributed by atoms with van der Waals surface area (Å²) in [6.45, 7) is 7.51. The molecule has 2 heterocycles. The minimum atomic E-state index is -1.72. The van der Waals surface area contributed by atoms with Crippen molar-refractivity contribution in [1.29, 1.82) is 0 Å². The molecule has 19 nitrogen and oxygen atoms in total. The SMILES string of the molecule is CN(C(=O)[C@H](CCCCN)NC(=O)c1ccc(-c2ccc(Cl)cc2)cc1)[C@@H]1C(=O)N[C@@H](N)C(=O)N[C@H](C(=O)N[C@@H](N)B2O[C@@H]3C[C@@H]4C[C@@H](C4(C)C)[C@]3(C)O2)Cc2ccc(OCCN)c(c2)-c2cc1ccc2OCCN. The molecule has 75 heavy (non-hydrogen) atoms. The minimum absolute atomic E-state index is 0.0674. The van der Waals surface area contributed by atoms with E-state index in [1.165, 1.54) is 11.9 Å². The Hall–Kier alpha value is -6.10. The van der Waals surface area contributed by atoms with Crippen molar-refractivity contribution in [1.82, 2.24) is 26.2 Å². The van der Waals surface area contributed by atoms with Crippen LogP contribution < -0.4 is 59.4 Å². The van der Waals surface area contributed by atoms with Gasteiger partial charge in [-0.05, 0) is 134 Å². The van der Waals surface area contributed by atoms with Crippen molar-refractivity contribution in [3.8, 4) is 33.8 Å². The van der Waals surface area contributed by atoms with E-state index in [-0.39, 0.29) is 56.6 Å². The van der Waals surface area contributed by atoms with Gasteiger partial charge in [-0.1, -0.05) is 61.8 Å². The molecule has 4 fully saturated rings. The van der Waals surface area contributed by atoms with E-state index in [0.717, 1.165) is 24.0 Å². The summed E-state index contributed by atoms with van der Waals surface area (Å²) in [4.78, 5) is 73.5. The maximum absolute atomic E-state index is 14.9. The number of likely N-dealkylation sites (N-methyl/N-ethyl adjacent to an activating group) is 1. The monoisotopic (exact) mass is 1050 g/mol. The first-order chi connectivity index (χ1) is 35.9. The number of benzene rings is 4. The Labute approximate surface area is 443 Å². The van der Waals surface area contributed by atoms with Gasteiger partial charge in [-0.15, -0.1) is 0 Å². The fraction of sp³-hybridized carbons (Fsp3) is 0.463. The zero-order valence-electron chi connectivity index (χ0n) is 42.9. The van der Waals surface area contributed by atoms with E-state index in [1.807, 2.05) is 19.1 Å². The fourth-order valence-electron chi connectivity index (χ4n) is 11.2. The predicted molar refractivity (Wildman–Crippen MR) is 286 cm³/mol. The summed E-state index contributed by atoms with van der Waals surface area (Å²) in [6, 6.07) is 19.4. The third-order valence-electron chi connectivity index (χ3n) is 15.5. The van der Waals surface area contributed by atoms with Crippen molar-refractivity contribution in [3.63, 3.8) is 0 Å². The molecule has 400 valence electrons. The maximum atomic E-state index is 14.9. The van der Waals surface area contributed by atoms with Crippen LogP contribution in [0.15, 0.2) is 84.9 Å². The topological polar surface area (TPSA) is 304 Å². The Balaban J connectivity index is 1.11. The molecule has 3 aliphatic carbocycles. The van der Waals surface area contributed by atoms with E-state index < -0.39 is 72.6 Å². The summed E-state index contributed by atoms with van der Waals surface area (Å²) in [6.07, 6.45) is 1.06. The van der Waals surface area contributed by atoms with Crippen LogP contribution in [0.25, 0.3) is 22.3 Å². The Bertz CT molecular complexity index is 2740. The zero-order chi connectivity index (χ0) is 53.8. The molecule has 0 aromatic heterocycles. The minimum Gasteiger partial charge on any atom is -0.492 e. The van der Waals surface area contributed by atoms with E-state index >= 15 is 0 Å². The molecule has 4 aromatic rings. The number of nitrogens with two attached hydrogens (primary N) is 5. The van der Waals surface area contributed by atoms with Crippen molar-refractivity contribution in [2.45, 2.75) is 101 Å². The van der Waals surface area contributed by atoms with Gasteiger partial charge in [-0.25, -0.2) is 0 Å². The van der Waals surface area contributed by atoms with Crippen molar-refractivity contribution in [2.75, 3.05) is 39.9 Å². The number of amides is 5. The summed E-state index contributed by atoms with van der Waals surface area (Å²) in [5, 5.41) is 11.6. The van der Waals surface area contributed by atoms with Crippen LogP contribution in [0, 0.1) is 17.3 Å². The molecule has 1 saturated heterocycles. The van der Waals surface area contributed by atoms with Gasteiger partial charge in [0.15, 0.2) is 6.17 Å². The van der Waals surface area contributed by atoms with E-state index in [1.54, 1.807) is 72.8 Å². The van der Waals surface area contributed by atoms with Crippen LogP contribution in [-0.4, -0.2) is 117 Å². The van der Waals surface area contributed by atoms with Gasteiger partial charge >= 0.3 is 7.12 Å². The van der Waals surface area contributed by atoms with Gasteiger partial charge in [0, 0.05) is 48.3 Å². The Kier molecular flexibility index (Phi) is 17.2. The van der Waals surface area contributed by atoms with Crippen molar-refractivity contribution < 1.29 is 42.8 Å². The Morgan fingerprint density at radius 2 is 1.47 bits per heavy atom. The van der Waals surface area contributed by atoms with Crippen LogP contribution >= 0.6 is 11.6 Å². The fourth-order valence-corrected chi connectivity index (χ4v) is 11.3. The van der Waals surface area contributed by atoms with Crippen molar-refractivity contribution >= 4 is 48.3 Å². The molecule has 9 atom stereocenters. The first-order valence-corrected chi connectivity index (χ1v) is 26.1. The van der Waals surface area contributed by atoms with Gasteiger partial charge < -0.3 is 73.6 Å². The van der Waals surface area contributed by atoms with Gasteiger partial charge in [0.2, 0.25) is 17.7 Å². The Morgan fingerprint density at radius 1 is 0.827 bits per heavy atom. The number of hydrogen-bond acceptors (Lipinski definition) is 14. The molecule has 9 rings (SSSR count). The number of carbonyl (C=O) groups excluding carboxylic acids is 5. The quantitative estimate of drug-likeness (QED) is 0.0394. The number of nitrogens with zero attached hydrogens (tertiary/aromatic N) is 1. The molecule has 14 N–H and O–H groups in total. The van der Waals surface area contributed by atoms with E-state index in [2.05, 4.69) is 35.1 Å². The maximum Gasteiger partial charge on any atom is 0.497 e. The highest BCUT2D eigenvalue weighted by Crippen LogP contribution is 2.65. The number of nitrogens with one attached hydrogen (secondary N) is 4. The average molecular weight is 1050 g/mol. The summed E-state index contributed by atoms with van der Waals surface area (Å²) in [5.41, 5.74) is 34.2. The smallest absolute Gasteiger partial charge is 0.492 e. The lowest BCUT2D eigenvalue weighted by Crippen LogP contribution is -2.65. The average Bonchev–Trinajstić information content (AvgIpc) is 3.82. The molecule has 5 amide bonds. The molecule has 5 aliphatic rings. The first-order valence-electron chi connectivity index (χ1n) is 25.7. The molecule has 6 bridgehead atoms. The first kappa shape index (κ1) is 55.1. The third kappa shape index (κ3) is 11.8. The second kappa shape index (κ2) is 23.4. The zero-order valence-corrected chi connectivity index (χ0v) is 43.7. The van der Waals surface area contributed by atoms with Crippen LogP contribution in [0.4, 0.5) is 0 Å². The summed E-state index contributed by atoms with van der Waals surface area (Å²) in [7, 11) is 0.469. The van der Waals surface area contributed by atoms with Gasteiger partial charge in [-0.3, -0.25) is 24.0 Å². The number of carbonyl (C=O) groups is 5. The van der Waals surface area contributed by atoms with Crippen molar-refractivity contribution in [3.05, 3.63) is 107 Å². The van der Waals surface area contributed by atoms with E-state index in [4.69, 9.17) is 59.1 Å². The summed E-state index contributed by atoms with van der Waals surface area (Å²) < 4.78 is 25.3. The highest BCUT2D eigenvalue weighted by molar-refractivity contribution is 6.47. The molecule has 4 aromatic carbocycles. The number of rotatable bonds is 18. The van der Waals surface area contributed by atoms with Gasteiger partial charge in [-0.2, -0.15) is 0 Å². The lowest BCUT2D eigenvalue weighted by molar-refractivity contribution is -0.199. The van der Waals surface area contributed by atoms with Crippen LogP contribution in [0.3, 0.4) is 0 Å². The molecule has 21 heteroatoms. The van der Waals surface area contributed by atoms with Crippen LogP contribution in [0.1, 0.15) is 80.4 Å². The second-order valence-electron chi connectivity index (χ2n) is 20.7. The van der Waals surface area contributed by atoms with Crippen molar-refractivity contribution in [2.24, 2.45) is 45.9 Å². The molecule has 3 saturated carbocycles. The molecule has 2 aliphatic heterocycles. The number of ether oxygens (including phenoxy) is 2. The lowest BCUT2D eigenvalue weighted by atomic mass is 9.43. The van der Waals surface area contributed by atoms with Gasteiger partial charge in [0.05, 0.1) is 11.7 Å². The van der Waals surface area contributed by atoms with Crippen LogP contribution in [0.5, 0.6) is 11.5 Å². The molecular weight excluding hydrogens is 979 g/mol. The van der Waals surface area contributed by atoms with Gasteiger partial charge in [0.25, 0.3) is 11.8 Å². The normalized spacial score (nSPS) is 24.5. The number of unbranched alkanes of at least 4 members (excludes halogenated alkanes) is 1. The highest BCUT2D eigenvalue weighted by atomic mass is 35.5. The number of hydrogen-bond donors (Lipinski definition) is 9. The molecule has 0 radical (unpaired) electrons. The number of fused-ring (bicyclic) bond motifs is 5. The third-order valence-corrected chi connectivity index (χ3v) is 15.7. The number of halogens is 1.